The van der Waals surface area contributed by atoms with Gasteiger partial charge >= 0.3 is 0 Å². The van der Waals surface area contributed by atoms with Crippen molar-refractivity contribution in [2.24, 2.45) is 4.99 Å². The summed E-state index contributed by atoms with van der Waals surface area (Å²) in [4.78, 5) is 17.9. The number of carbonyl (C=O) groups is 1. The van der Waals surface area contributed by atoms with Crippen molar-refractivity contribution in [2.75, 3.05) is 10.8 Å². The van der Waals surface area contributed by atoms with E-state index in [9.17, 15) is 13.2 Å². The first-order chi connectivity index (χ1) is 17.3. The number of halogens is 2. The third-order valence-electron chi connectivity index (χ3n) is 5.96. The average Bonchev–Trinajstić information content (AvgIpc) is 3.20. The van der Waals surface area contributed by atoms with Crippen LogP contribution in [-0.4, -0.2) is 25.4 Å². The molecule has 0 N–H and O–H groups in total. The second-order valence-corrected chi connectivity index (χ2v) is 12.0. The van der Waals surface area contributed by atoms with Gasteiger partial charge in [-0.3, -0.25) is 9.10 Å². The molecule has 0 aliphatic carbocycles. The predicted molar refractivity (Wildman–Crippen MR) is 146 cm³/mol. The summed E-state index contributed by atoms with van der Waals surface area (Å²) in [5.74, 6) is -0.492. The van der Waals surface area contributed by atoms with E-state index in [1.807, 2.05) is 24.3 Å². The molecule has 1 aromatic heterocycles. The van der Waals surface area contributed by atoms with Crippen molar-refractivity contribution in [3.05, 3.63) is 99.3 Å². The molecule has 1 amide bonds. The van der Waals surface area contributed by atoms with Crippen LogP contribution in [0, 0.1) is 0 Å². The number of aryl methyl sites for hydroxylation is 1. The lowest BCUT2D eigenvalue weighted by molar-refractivity contribution is 0.0998. The Balaban J connectivity index is 1.49. The minimum Gasteiger partial charge on any atom is -0.311 e. The minimum absolute atomic E-state index is 0.126. The number of thiazole rings is 1. The Labute approximate surface area is 222 Å². The van der Waals surface area contributed by atoms with Gasteiger partial charge in [-0.05, 0) is 60.9 Å². The topological polar surface area (TPSA) is 71.7 Å². The number of nitrogens with zero attached hydrogens (tertiary/aromatic N) is 3. The van der Waals surface area contributed by atoms with Crippen LogP contribution in [0.15, 0.2) is 83.2 Å². The van der Waals surface area contributed by atoms with Crippen LogP contribution in [0.5, 0.6) is 0 Å². The third kappa shape index (κ3) is 4.50. The van der Waals surface area contributed by atoms with Crippen LogP contribution in [0.1, 0.15) is 22.3 Å². The lowest BCUT2D eigenvalue weighted by Gasteiger charge is -2.30. The zero-order valence-electron chi connectivity index (χ0n) is 19.0. The van der Waals surface area contributed by atoms with Gasteiger partial charge in [-0.1, -0.05) is 58.8 Å². The number of rotatable bonds is 5. The number of para-hydroxylation sites is 1. The summed E-state index contributed by atoms with van der Waals surface area (Å²) < 4.78 is 30.8. The lowest BCUT2D eigenvalue weighted by Crippen LogP contribution is -2.35. The number of hydrogen-bond acceptors (Lipinski definition) is 4. The van der Waals surface area contributed by atoms with E-state index in [-0.39, 0.29) is 10.5 Å². The van der Waals surface area contributed by atoms with Crippen molar-refractivity contribution >= 4 is 66.4 Å². The van der Waals surface area contributed by atoms with Crippen LogP contribution in [0.4, 0.5) is 5.69 Å². The van der Waals surface area contributed by atoms with Gasteiger partial charge in [0.25, 0.3) is 15.9 Å². The summed E-state index contributed by atoms with van der Waals surface area (Å²) in [6.45, 7) is 4.60. The zero-order chi connectivity index (χ0) is 25.4. The number of amides is 1. The summed E-state index contributed by atoms with van der Waals surface area (Å²) in [6.07, 6.45) is 3.29. The van der Waals surface area contributed by atoms with Gasteiger partial charge < -0.3 is 4.57 Å². The highest BCUT2D eigenvalue weighted by Gasteiger charge is 2.29. The highest BCUT2D eigenvalue weighted by atomic mass is 35.5. The summed E-state index contributed by atoms with van der Waals surface area (Å²) in [7, 11) is -3.77. The van der Waals surface area contributed by atoms with E-state index < -0.39 is 15.9 Å². The second-order valence-electron chi connectivity index (χ2n) is 8.27. The number of sulfonamides is 1. The molecule has 0 fully saturated rings. The first-order valence-corrected chi connectivity index (χ1v) is 14.2. The molecule has 2 heterocycles. The van der Waals surface area contributed by atoms with Crippen molar-refractivity contribution in [3.8, 4) is 0 Å². The zero-order valence-corrected chi connectivity index (χ0v) is 22.2. The maximum atomic E-state index is 13.4. The molecule has 0 bridgehead atoms. The molecule has 0 radical (unpaired) electrons. The molecular formula is C26H21Cl2N3O3S2. The molecule has 0 atom stereocenters. The fourth-order valence-electron chi connectivity index (χ4n) is 4.31. The summed E-state index contributed by atoms with van der Waals surface area (Å²) >= 11 is 13.8. The van der Waals surface area contributed by atoms with Crippen molar-refractivity contribution < 1.29 is 13.2 Å². The van der Waals surface area contributed by atoms with Crippen LogP contribution >= 0.6 is 34.5 Å². The first kappa shape index (κ1) is 24.8. The Morgan fingerprint density at radius 2 is 1.86 bits per heavy atom. The molecule has 1 aliphatic heterocycles. The van der Waals surface area contributed by atoms with Crippen molar-refractivity contribution in [3.63, 3.8) is 0 Å². The Hall–Kier alpha value is -2.91. The van der Waals surface area contributed by atoms with Gasteiger partial charge in [0.2, 0.25) is 0 Å². The van der Waals surface area contributed by atoms with Crippen LogP contribution in [0.2, 0.25) is 10.0 Å². The minimum atomic E-state index is -3.77. The Morgan fingerprint density at radius 1 is 1.11 bits per heavy atom. The van der Waals surface area contributed by atoms with Gasteiger partial charge in [0.1, 0.15) is 0 Å². The molecule has 36 heavy (non-hydrogen) atoms. The smallest absolute Gasteiger partial charge is 0.279 e. The monoisotopic (exact) mass is 557 g/mol. The van der Waals surface area contributed by atoms with E-state index >= 15 is 0 Å². The SMILES string of the molecule is C=CCn1c(=NC(=O)c2ccc(S(=O)(=O)N3CCCc4ccccc43)cc2)sc2cc(Cl)cc(Cl)c21. The van der Waals surface area contributed by atoms with Gasteiger partial charge in [-0.2, -0.15) is 4.99 Å². The Morgan fingerprint density at radius 3 is 2.61 bits per heavy atom. The van der Waals surface area contributed by atoms with E-state index in [4.69, 9.17) is 23.2 Å². The number of anilines is 1. The van der Waals surface area contributed by atoms with Crippen molar-refractivity contribution in [2.45, 2.75) is 24.3 Å². The summed E-state index contributed by atoms with van der Waals surface area (Å²) in [5, 5.41) is 0.948. The van der Waals surface area contributed by atoms with E-state index in [0.717, 1.165) is 28.6 Å². The second kappa shape index (κ2) is 9.86. The van der Waals surface area contributed by atoms with Gasteiger partial charge in [0.05, 0.1) is 25.8 Å². The molecule has 3 aromatic carbocycles. The molecule has 1 aliphatic rings. The fourth-order valence-corrected chi connectivity index (χ4v) is 7.67. The maximum absolute atomic E-state index is 13.4. The number of carbonyl (C=O) groups excluding carboxylic acids is 1. The molecular weight excluding hydrogens is 537 g/mol. The Kier molecular flexibility index (Phi) is 6.78. The summed E-state index contributed by atoms with van der Waals surface area (Å²) in [5.41, 5.74) is 2.71. The number of fused-ring (bicyclic) bond motifs is 2. The van der Waals surface area contributed by atoms with Crippen LogP contribution in [0.25, 0.3) is 10.2 Å². The normalized spacial score (nSPS) is 14.2. The Bertz CT molecular complexity index is 1670. The van der Waals surface area contributed by atoms with Crippen LogP contribution in [0.3, 0.4) is 0 Å². The highest BCUT2D eigenvalue weighted by molar-refractivity contribution is 7.92. The quantitative estimate of drug-likeness (QED) is 0.279. The summed E-state index contributed by atoms with van der Waals surface area (Å²) in [6, 6.07) is 16.8. The largest absolute Gasteiger partial charge is 0.311 e. The molecule has 10 heteroatoms. The van der Waals surface area contributed by atoms with E-state index in [1.165, 1.54) is 39.9 Å². The number of benzene rings is 3. The maximum Gasteiger partial charge on any atom is 0.279 e. The van der Waals surface area contributed by atoms with Crippen molar-refractivity contribution in [1.29, 1.82) is 0 Å². The number of hydrogen-bond donors (Lipinski definition) is 0. The molecule has 6 nitrogen and oxygen atoms in total. The van der Waals surface area contributed by atoms with Gasteiger partial charge in [0, 0.05) is 23.7 Å². The number of aromatic nitrogens is 1. The molecule has 0 saturated carbocycles. The van der Waals surface area contributed by atoms with Gasteiger partial charge in [-0.25, -0.2) is 8.42 Å². The highest BCUT2D eigenvalue weighted by Crippen LogP contribution is 2.32. The first-order valence-electron chi connectivity index (χ1n) is 11.2. The average molecular weight is 559 g/mol. The van der Waals surface area contributed by atoms with Crippen LogP contribution < -0.4 is 9.11 Å². The standard InChI is InChI=1S/C26H21Cl2N3O3S2/c1-2-13-30-24-21(28)15-19(27)16-23(24)35-26(30)29-25(32)18-9-11-20(12-10-18)36(33,34)31-14-5-7-17-6-3-4-8-22(17)31/h2-4,6,8-12,15-16H,1,5,7,13-14H2. The number of allylic oxidation sites excluding steroid dienone is 1. The van der Waals surface area contributed by atoms with Crippen LogP contribution in [-0.2, 0) is 23.0 Å². The third-order valence-corrected chi connectivity index (χ3v) is 9.32. The van der Waals surface area contributed by atoms with E-state index in [1.54, 1.807) is 22.8 Å². The lowest BCUT2D eigenvalue weighted by atomic mass is 10.0. The molecule has 0 saturated heterocycles. The molecule has 0 unspecified atom stereocenters. The molecule has 5 rings (SSSR count). The van der Waals surface area contributed by atoms with Gasteiger partial charge in [0.15, 0.2) is 4.80 Å². The van der Waals surface area contributed by atoms with E-state index in [0.29, 0.717) is 33.6 Å². The molecule has 184 valence electrons. The molecule has 4 aromatic rings. The van der Waals surface area contributed by atoms with Crippen molar-refractivity contribution in [1.82, 2.24) is 4.57 Å². The molecule has 0 spiro atoms. The predicted octanol–water partition coefficient (Wildman–Crippen LogP) is 6.08. The fraction of sp³-hybridized carbons (Fsp3) is 0.154. The van der Waals surface area contributed by atoms with E-state index in [2.05, 4.69) is 11.6 Å². The van der Waals surface area contributed by atoms with Gasteiger partial charge in [-0.15, -0.1) is 6.58 Å².